The topological polar surface area (TPSA) is 38.3 Å². The molecule has 0 aliphatic carbocycles. The fourth-order valence-corrected chi connectivity index (χ4v) is 2.12. The fourth-order valence-electron chi connectivity index (χ4n) is 2.12. The van der Waals surface area contributed by atoms with Crippen LogP contribution >= 0.6 is 12.4 Å². The second-order valence-corrected chi connectivity index (χ2v) is 3.76. The van der Waals surface area contributed by atoms with E-state index in [0.29, 0.717) is 0 Å². The Morgan fingerprint density at radius 1 is 1.38 bits per heavy atom. The average Bonchev–Trinajstić information content (AvgIpc) is 2.78. The van der Waals surface area contributed by atoms with Gasteiger partial charge in [-0.1, -0.05) is 30.3 Å². The Kier molecular flexibility index (Phi) is 4.77. The summed E-state index contributed by atoms with van der Waals surface area (Å²) >= 11 is 0. The smallest absolute Gasteiger partial charge is 0.310 e. The third-order valence-electron chi connectivity index (χ3n) is 2.88. The number of halogens is 1. The first-order valence-corrected chi connectivity index (χ1v) is 5.19. The third-order valence-corrected chi connectivity index (χ3v) is 2.88. The average molecular weight is 242 g/mol. The molecule has 4 heteroatoms. The Bertz CT molecular complexity index is 342. The third kappa shape index (κ3) is 2.54. The van der Waals surface area contributed by atoms with Gasteiger partial charge in [0.1, 0.15) is 0 Å². The first-order valence-electron chi connectivity index (χ1n) is 5.19. The van der Waals surface area contributed by atoms with Crippen LogP contribution < -0.4 is 5.32 Å². The van der Waals surface area contributed by atoms with E-state index in [2.05, 4.69) is 5.32 Å². The van der Waals surface area contributed by atoms with E-state index in [1.807, 2.05) is 30.3 Å². The summed E-state index contributed by atoms with van der Waals surface area (Å²) in [6, 6.07) is 10.1. The van der Waals surface area contributed by atoms with Crippen LogP contribution in [0.5, 0.6) is 0 Å². The second-order valence-electron chi connectivity index (χ2n) is 3.76. The Hall–Kier alpha value is -1.06. The van der Waals surface area contributed by atoms with Gasteiger partial charge in [-0.05, 0) is 18.5 Å². The summed E-state index contributed by atoms with van der Waals surface area (Å²) in [5, 5.41) is 3.34. The summed E-state index contributed by atoms with van der Waals surface area (Å²) < 4.78 is 4.81. The molecule has 1 aliphatic rings. The second kappa shape index (κ2) is 5.87. The van der Waals surface area contributed by atoms with Crippen LogP contribution in [0.4, 0.5) is 0 Å². The molecule has 1 heterocycles. The molecule has 2 atom stereocenters. The van der Waals surface area contributed by atoms with Crippen molar-refractivity contribution >= 4 is 18.4 Å². The van der Waals surface area contributed by atoms with E-state index in [0.717, 1.165) is 18.5 Å². The largest absolute Gasteiger partial charge is 0.469 e. The molecular weight excluding hydrogens is 226 g/mol. The van der Waals surface area contributed by atoms with Crippen molar-refractivity contribution in [3.05, 3.63) is 35.9 Å². The van der Waals surface area contributed by atoms with E-state index < -0.39 is 0 Å². The molecule has 1 aromatic carbocycles. The molecule has 1 N–H and O–H groups in total. The van der Waals surface area contributed by atoms with Crippen LogP contribution in [0.2, 0.25) is 0 Å². The number of rotatable bonds is 2. The lowest BCUT2D eigenvalue weighted by Crippen LogP contribution is -2.24. The van der Waals surface area contributed by atoms with Crippen molar-refractivity contribution in [1.82, 2.24) is 5.32 Å². The number of carbonyl (C=O) groups is 1. The molecular formula is C12H16ClNO2. The van der Waals surface area contributed by atoms with Crippen LogP contribution in [0, 0.1) is 5.92 Å². The van der Waals surface area contributed by atoms with E-state index >= 15 is 0 Å². The first kappa shape index (κ1) is 13.0. The Balaban J connectivity index is 0.00000128. The maximum Gasteiger partial charge on any atom is 0.310 e. The summed E-state index contributed by atoms with van der Waals surface area (Å²) in [7, 11) is 1.45. The van der Waals surface area contributed by atoms with Crippen molar-refractivity contribution in [2.75, 3.05) is 13.7 Å². The lowest BCUT2D eigenvalue weighted by atomic mass is 9.94. The van der Waals surface area contributed by atoms with E-state index in [9.17, 15) is 4.79 Å². The van der Waals surface area contributed by atoms with Gasteiger partial charge >= 0.3 is 5.97 Å². The molecule has 3 nitrogen and oxygen atoms in total. The maximum atomic E-state index is 11.5. The molecule has 1 aliphatic heterocycles. The molecule has 16 heavy (non-hydrogen) atoms. The van der Waals surface area contributed by atoms with Crippen molar-refractivity contribution in [1.29, 1.82) is 0 Å². The Labute approximate surface area is 102 Å². The number of esters is 1. The van der Waals surface area contributed by atoms with Gasteiger partial charge in [0.2, 0.25) is 0 Å². The molecule has 0 unspecified atom stereocenters. The zero-order valence-electron chi connectivity index (χ0n) is 9.18. The van der Waals surface area contributed by atoms with Crippen LogP contribution in [-0.2, 0) is 9.53 Å². The van der Waals surface area contributed by atoms with Crippen LogP contribution in [0.25, 0.3) is 0 Å². The highest BCUT2D eigenvalue weighted by Crippen LogP contribution is 2.30. The highest BCUT2D eigenvalue weighted by molar-refractivity contribution is 5.85. The Morgan fingerprint density at radius 2 is 2.06 bits per heavy atom. The molecule has 0 radical (unpaired) electrons. The van der Waals surface area contributed by atoms with Gasteiger partial charge in [0.05, 0.1) is 13.0 Å². The number of benzene rings is 1. The molecule has 0 amide bonds. The van der Waals surface area contributed by atoms with Crippen LogP contribution in [0.3, 0.4) is 0 Å². The predicted molar refractivity (Wildman–Crippen MR) is 64.6 cm³/mol. The SMILES string of the molecule is COC(=O)[C@@H]1CCN[C@@H]1c1ccccc1.Cl. The van der Waals surface area contributed by atoms with Crippen molar-refractivity contribution in [2.45, 2.75) is 12.5 Å². The minimum atomic E-state index is -0.117. The number of ether oxygens (including phenoxy) is 1. The van der Waals surface area contributed by atoms with Crippen molar-refractivity contribution < 1.29 is 9.53 Å². The van der Waals surface area contributed by atoms with Crippen LogP contribution in [-0.4, -0.2) is 19.6 Å². The number of hydrogen-bond acceptors (Lipinski definition) is 3. The van der Waals surface area contributed by atoms with Crippen molar-refractivity contribution in [3.63, 3.8) is 0 Å². The summed E-state index contributed by atoms with van der Waals surface area (Å²) in [5.41, 5.74) is 1.16. The van der Waals surface area contributed by atoms with Gasteiger partial charge in [0, 0.05) is 6.04 Å². The van der Waals surface area contributed by atoms with Gasteiger partial charge in [-0.3, -0.25) is 4.79 Å². The molecule has 0 spiro atoms. The van der Waals surface area contributed by atoms with Gasteiger partial charge < -0.3 is 10.1 Å². The quantitative estimate of drug-likeness (QED) is 0.805. The number of nitrogens with one attached hydrogen (secondary N) is 1. The monoisotopic (exact) mass is 241 g/mol. The normalized spacial score (nSPS) is 23.6. The molecule has 0 bridgehead atoms. The number of methoxy groups -OCH3 is 1. The molecule has 0 aromatic heterocycles. The lowest BCUT2D eigenvalue weighted by molar-refractivity contribution is -0.145. The van der Waals surface area contributed by atoms with Crippen molar-refractivity contribution in [2.24, 2.45) is 5.92 Å². The van der Waals surface area contributed by atoms with E-state index in [1.165, 1.54) is 7.11 Å². The number of hydrogen-bond donors (Lipinski definition) is 1. The van der Waals surface area contributed by atoms with Crippen LogP contribution in [0.1, 0.15) is 18.0 Å². The summed E-state index contributed by atoms with van der Waals surface area (Å²) in [5.74, 6) is -0.161. The zero-order valence-corrected chi connectivity index (χ0v) is 10.00. The van der Waals surface area contributed by atoms with Gasteiger partial charge in [-0.15, -0.1) is 12.4 Å². The lowest BCUT2D eigenvalue weighted by Gasteiger charge is -2.17. The molecule has 0 saturated carbocycles. The van der Waals surface area contributed by atoms with Crippen LogP contribution in [0.15, 0.2) is 30.3 Å². The maximum absolute atomic E-state index is 11.5. The molecule has 1 aromatic rings. The minimum Gasteiger partial charge on any atom is -0.469 e. The van der Waals surface area contributed by atoms with Crippen molar-refractivity contribution in [3.8, 4) is 0 Å². The first-order chi connectivity index (χ1) is 7.33. The summed E-state index contributed by atoms with van der Waals surface area (Å²) in [6.45, 7) is 0.874. The van der Waals surface area contributed by atoms with Gasteiger partial charge in [0.25, 0.3) is 0 Å². The van der Waals surface area contributed by atoms with E-state index in [4.69, 9.17) is 4.74 Å². The number of carbonyl (C=O) groups excluding carboxylic acids is 1. The predicted octanol–water partition coefficient (Wildman–Crippen LogP) is 1.93. The van der Waals surface area contributed by atoms with E-state index in [1.54, 1.807) is 0 Å². The zero-order chi connectivity index (χ0) is 10.7. The van der Waals surface area contributed by atoms with Gasteiger partial charge in [-0.2, -0.15) is 0 Å². The van der Waals surface area contributed by atoms with Gasteiger partial charge in [-0.25, -0.2) is 0 Å². The highest BCUT2D eigenvalue weighted by Gasteiger charge is 2.34. The van der Waals surface area contributed by atoms with Gasteiger partial charge in [0.15, 0.2) is 0 Å². The molecule has 1 saturated heterocycles. The molecule has 2 rings (SSSR count). The highest BCUT2D eigenvalue weighted by atomic mass is 35.5. The summed E-state index contributed by atoms with van der Waals surface area (Å²) in [4.78, 5) is 11.5. The van der Waals surface area contributed by atoms with E-state index in [-0.39, 0.29) is 30.3 Å². The fraction of sp³-hybridized carbons (Fsp3) is 0.417. The molecule has 1 fully saturated rings. The molecule has 88 valence electrons. The Morgan fingerprint density at radius 3 is 2.69 bits per heavy atom. The standard InChI is InChI=1S/C12H15NO2.ClH/c1-15-12(14)10-7-8-13-11(10)9-5-3-2-4-6-9;/h2-6,10-11,13H,7-8H2,1H3;1H/t10-,11-;/m1./s1. The minimum absolute atomic E-state index is 0. The summed E-state index contributed by atoms with van der Waals surface area (Å²) in [6.07, 6.45) is 0.853.